The van der Waals surface area contributed by atoms with Gasteiger partial charge < -0.3 is 55.5 Å². The number of anilines is 1. The molecule has 86 heavy (non-hydrogen) atoms. The normalized spacial score (nSPS) is 38.7. The van der Waals surface area contributed by atoms with E-state index in [1.54, 1.807) is 13.0 Å². The second-order valence-corrected chi connectivity index (χ2v) is 28.1. The van der Waals surface area contributed by atoms with Gasteiger partial charge in [-0.2, -0.15) is 0 Å². The summed E-state index contributed by atoms with van der Waals surface area (Å²) in [6, 6.07) is 15.5. The molecule has 14 heteroatoms. The summed E-state index contributed by atoms with van der Waals surface area (Å²) < 4.78 is 20.0. The summed E-state index contributed by atoms with van der Waals surface area (Å²) in [5, 5.41) is 83.2. The quantitative estimate of drug-likeness (QED) is 0.0694. The summed E-state index contributed by atoms with van der Waals surface area (Å²) in [5.74, 6) is 10.3. The van der Waals surface area contributed by atoms with Crippen LogP contribution in [0, 0.1) is 71.0 Å². The molecule has 0 unspecified atom stereocenters. The van der Waals surface area contributed by atoms with Crippen LogP contribution < -0.4 is 15.4 Å². The Hall–Kier alpha value is -5.55. The third kappa shape index (κ3) is 11.6. The van der Waals surface area contributed by atoms with Gasteiger partial charge in [-0.05, 0) is 179 Å². The Morgan fingerprint density at radius 1 is 0.733 bits per heavy atom. The molecule has 14 nitrogen and oxygen atoms in total. The van der Waals surface area contributed by atoms with E-state index >= 15 is 4.79 Å². The molecule has 0 amide bonds. The zero-order chi connectivity index (χ0) is 59.6. The minimum absolute atomic E-state index is 0.0293. The summed E-state index contributed by atoms with van der Waals surface area (Å²) >= 11 is 0. The number of hydrogen-bond donors (Lipinski definition) is 8. The molecule has 3 aromatic carbocycles. The fraction of sp³-hybridized carbons (Fsp3) is 0.625. The maximum atomic E-state index is 16.1. The van der Waals surface area contributed by atoms with E-state index in [1.165, 1.54) is 0 Å². The molecule has 1 saturated heterocycles. The second-order valence-electron chi connectivity index (χ2n) is 28.1. The van der Waals surface area contributed by atoms with Gasteiger partial charge in [0.1, 0.15) is 40.7 Å². The van der Waals surface area contributed by atoms with Crippen molar-refractivity contribution < 1.29 is 59.2 Å². The molecule has 7 aliphatic heterocycles. The predicted molar refractivity (Wildman–Crippen MR) is 324 cm³/mol. The Kier molecular flexibility index (Phi) is 16.9. The van der Waals surface area contributed by atoms with Gasteiger partial charge in [-0.15, -0.1) is 0 Å². The highest BCUT2D eigenvalue weighted by Gasteiger charge is 2.62. The zero-order valence-corrected chi connectivity index (χ0v) is 50.1. The molecule has 0 aromatic heterocycles. The number of aliphatic hydroxyl groups is 5. The molecule has 0 spiro atoms. The van der Waals surface area contributed by atoms with Gasteiger partial charge in [0.25, 0.3) is 0 Å². The molecule has 0 radical (unpaired) electrons. The second kappa shape index (κ2) is 24.4. The van der Waals surface area contributed by atoms with Crippen molar-refractivity contribution in [3.05, 3.63) is 99.1 Å². The number of esters is 2. The molecule has 16 bridgehead atoms. The van der Waals surface area contributed by atoms with Crippen molar-refractivity contribution in [1.82, 2.24) is 5.32 Å². The first-order valence-electron chi connectivity index (χ1n) is 32.8. The number of nitrogens with one attached hydrogen (secondary N) is 2. The van der Waals surface area contributed by atoms with Gasteiger partial charge in [0.2, 0.25) is 0 Å². The number of benzene rings is 3. The highest BCUT2D eigenvalue weighted by Crippen LogP contribution is 2.59. The molecule has 18 atom stereocenters. The Morgan fingerprint density at radius 2 is 1.50 bits per heavy atom. The lowest BCUT2D eigenvalue weighted by Gasteiger charge is -2.59. The summed E-state index contributed by atoms with van der Waals surface area (Å²) in [7, 11) is 1.83. The van der Waals surface area contributed by atoms with E-state index in [-0.39, 0.29) is 103 Å². The number of rotatable bonds is 4. The zero-order valence-electron chi connectivity index (χ0n) is 50.1. The van der Waals surface area contributed by atoms with Gasteiger partial charge in [0.15, 0.2) is 0 Å². The third-order valence-corrected chi connectivity index (χ3v) is 22.5. The van der Waals surface area contributed by atoms with Crippen LogP contribution in [0.2, 0.25) is 0 Å². The largest absolute Gasteiger partial charge is 0.507 e. The maximum Gasteiger partial charge on any atom is 0.334 e. The highest BCUT2D eigenvalue weighted by molar-refractivity contribution is 5.89. The van der Waals surface area contributed by atoms with Crippen molar-refractivity contribution in [2.45, 2.75) is 214 Å². The number of carbonyl (C=O) groups excluding carboxylic acids is 3. The first kappa shape index (κ1) is 59.4. The Labute approximate surface area is 506 Å². The van der Waals surface area contributed by atoms with E-state index in [0.29, 0.717) is 71.5 Å². The minimum atomic E-state index is -1.66. The van der Waals surface area contributed by atoms with Crippen LogP contribution in [0.4, 0.5) is 5.69 Å². The number of hydrogen-bond acceptors (Lipinski definition) is 14. The van der Waals surface area contributed by atoms with Gasteiger partial charge in [0.05, 0.1) is 42.7 Å². The monoisotopic (exact) mass is 1170 g/mol. The van der Waals surface area contributed by atoms with E-state index in [9.17, 15) is 40.2 Å². The molecular weight excluding hydrogens is 1080 g/mol. The number of aromatic hydroxyl groups is 1. The van der Waals surface area contributed by atoms with E-state index in [2.05, 4.69) is 40.4 Å². The number of Topliss-reactive ketones (excluding diaryl/α,β-unsaturated/α-hetero) is 1. The molecule has 3 aromatic rings. The van der Waals surface area contributed by atoms with Crippen molar-refractivity contribution in [1.29, 1.82) is 0 Å². The number of aliphatic hydroxyl groups excluding tert-OH is 3. The number of ketones is 1. The number of ether oxygens (including phenoxy) is 3. The van der Waals surface area contributed by atoms with Crippen LogP contribution in [-0.4, -0.2) is 110 Å². The first-order valence-corrected chi connectivity index (χ1v) is 32.8. The fourth-order valence-electron chi connectivity index (χ4n) is 18.1. The van der Waals surface area contributed by atoms with Crippen molar-refractivity contribution in [3.8, 4) is 35.2 Å². The molecule has 12 aliphatic rings. The number of carbonyl (C=O) groups is 3. The van der Waals surface area contributed by atoms with Gasteiger partial charge in [-0.1, -0.05) is 92.5 Å². The average Bonchev–Trinajstić information content (AvgIpc) is 1.13. The summed E-state index contributed by atoms with van der Waals surface area (Å²) in [5.41, 5.74) is 1.87. The molecule has 15 rings (SSSR count). The van der Waals surface area contributed by atoms with Gasteiger partial charge in [0, 0.05) is 72.5 Å². The lowest BCUT2D eigenvalue weighted by atomic mass is 9.48. The van der Waals surface area contributed by atoms with E-state index in [0.717, 1.165) is 94.6 Å². The van der Waals surface area contributed by atoms with Crippen LogP contribution in [0.1, 0.15) is 192 Å². The maximum absolute atomic E-state index is 16.1. The van der Waals surface area contributed by atoms with E-state index < -0.39 is 77.3 Å². The van der Waals surface area contributed by atoms with Crippen molar-refractivity contribution in [2.75, 3.05) is 25.5 Å². The lowest BCUT2D eigenvalue weighted by Crippen LogP contribution is -2.65. The van der Waals surface area contributed by atoms with Crippen LogP contribution in [0.25, 0.3) is 0 Å². The Balaban J connectivity index is 1.00. The SMILES string of the molecule is CNC[C@@H]1C#C[C@@H]2CC[C@@H]3O[C@@H](CC[C@@H]3C2)[C@H](O)[C@@](C)(O)CNc2cc(cc([C@H]3C#C[C@@H]4CC(=O)Oc5c4cc(c(O)c5C4CCCCC4)C[C@H]4OC(=O)/C(=C\[C@H](O)Cc5cccc(c5)C[C@H]5C(=O)CC[C@@H]6[C@H]5C[C@@H]5CCCC[C@@H]5[C@]64O)C3)c2)[C@H]1O. The summed E-state index contributed by atoms with van der Waals surface area (Å²) in [4.78, 5) is 44.6. The van der Waals surface area contributed by atoms with Crippen molar-refractivity contribution >= 4 is 23.4 Å². The summed E-state index contributed by atoms with van der Waals surface area (Å²) in [6.07, 6.45) is 9.82. The van der Waals surface area contributed by atoms with E-state index in [1.807, 2.05) is 49.5 Å². The fourth-order valence-corrected chi connectivity index (χ4v) is 18.1. The van der Waals surface area contributed by atoms with Crippen LogP contribution >= 0.6 is 0 Å². The smallest absolute Gasteiger partial charge is 0.334 e. The highest BCUT2D eigenvalue weighted by atomic mass is 16.6. The molecule has 6 fully saturated rings. The third-order valence-electron chi connectivity index (χ3n) is 22.5. The van der Waals surface area contributed by atoms with Crippen molar-refractivity contribution in [3.63, 3.8) is 0 Å². The van der Waals surface area contributed by atoms with Crippen LogP contribution in [0.3, 0.4) is 0 Å². The van der Waals surface area contributed by atoms with Gasteiger partial charge >= 0.3 is 11.9 Å². The molecule has 8 N–H and O–H groups in total. The number of phenolic OH excluding ortho intramolecular Hbond substituents is 1. The Bertz CT molecular complexity index is 3250. The minimum Gasteiger partial charge on any atom is -0.507 e. The molecule has 5 aliphatic carbocycles. The van der Waals surface area contributed by atoms with E-state index in [4.69, 9.17) is 14.2 Å². The predicted octanol–water partition coefficient (Wildman–Crippen LogP) is 9.09. The molecule has 458 valence electrons. The summed E-state index contributed by atoms with van der Waals surface area (Å²) in [6.45, 7) is 1.89. The average molecular weight is 1170 g/mol. The van der Waals surface area contributed by atoms with Gasteiger partial charge in [-0.25, -0.2) is 4.79 Å². The lowest BCUT2D eigenvalue weighted by molar-refractivity contribution is -0.228. The van der Waals surface area contributed by atoms with Crippen LogP contribution in [-0.2, 0) is 43.1 Å². The molecule has 7 heterocycles. The molecular formula is C72H88N2O12. The van der Waals surface area contributed by atoms with Crippen LogP contribution in [0.5, 0.6) is 11.5 Å². The number of fused-ring (bicyclic) bond motifs is 11. The van der Waals surface area contributed by atoms with Crippen LogP contribution in [0.15, 0.2) is 60.2 Å². The number of phenols is 1. The van der Waals surface area contributed by atoms with Gasteiger partial charge in [-0.3, -0.25) is 9.59 Å². The molecule has 5 saturated carbocycles. The van der Waals surface area contributed by atoms with Crippen molar-refractivity contribution in [2.24, 2.45) is 47.3 Å². The first-order chi connectivity index (χ1) is 41.5. The Morgan fingerprint density at radius 3 is 2.33 bits per heavy atom. The topological polar surface area (TPSA) is 224 Å². The standard InChI is InChI=1S/C72H88N2O12/c1-71(82)39-74-53-31-49(30-50(32-53)66(78)48(38-73-2)17-15-40-16-23-61-47(26-40)20-24-62(84-61)69(71)80)44-18-19-45-37-64(77)86-68-55(45)35-51(67(79)65(68)43-11-4-3-5-12-43)36-63-72(83)58-14-7-6-13-46(58)34-56-57(60(76)22-21-59(56)72)28-42-10-8-9-41(25-42)27-54(75)33-52(29-44)70(81)85-63/h8-10,25,30-33,35,40,43-48,54,56-59,61-63,66,69,73-75,78-80,82-83H,3-7,11-14,16,20-24,26-29,34,36-39H2,1-2H3/b52-33-/t40-,44+,45-,46+,47-,48+,54-,56+,57-,58+,59-,61+,62+,63-,66+,69+,71+,72+/m1/s1.